The quantitative estimate of drug-likeness (QED) is 0.274. The number of rotatable bonds is 6. The summed E-state index contributed by atoms with van der Waals surface area (Å²) in [5, 5.41) is 13.8. The average Bonchev–Trinajstić information content (AvgIpc) is 3.31. The van der Waals surface area contributed by atoms with Crippen LogP contribution < -0.4 is 20.7 Å². The van der Waals surface area contributed by atoms with Crippen molar-refractivity contribution in [2.75, 3.05) is 18.1 Å². The smallest absolute Gasteiger partial charge is 0.264 e. The van der Waals surface area contributed by atoms with Gasteiger partial charge >= 0.3 is 0 Å². The van der Waals surface area contributed by atoms with Crippen LogP contribution in [0.2, 0.25) is 5.02 Å². The number of hydrazone groups is 1. The van der Waals surface area contributed by atoms with E-state index in [1.807, 2.05) is 49.4 Å². The number of fused-ring (bicyclic) bond motifs is 1. The number of halogens is 1. The Bertz CT molecular complexity index is 1020. The molecule has 1 aromatic heterocycles. The first-order valence-corrected chi connectivity index (χ1v) is 9.74. The lowest BCUT2D eigenvalue weighted by Crippen LogP contribution is -2.13. The number of thioether (sulfide) groups is 1. The molecule has 0 unspecified atom stereocenters. The van der Waals surface area contributed by atoms with Gasteiger partial charge in [-0.2, -0.15) is 5.10 Å². The second-order valence-electron chi connectivity index (χ2n) is 5.97. The number of ether oxygens (including phenoxy) is 2. The van der Waals surface area contributed by atoms with Crippen LogP contribution in [0.3, 0.4) is 0 Å². The Balaban J connectivity index is 1.41. The fourth-order valence-electron chi connectivity index (χ4n) is 2.50. The lowest BCUT2D eigenvalue weighted by molar-refractivity contribution is 0.174. The Kier molecular flexibility index (Phi) is 5.27. The Labute approximate surface area is 170 Å². The molecule has 0 spiro atoms. The summed E-state index contributed by atoms with van der Waals surface area (Å²) in [6.07, 6.45) is 0. The molecule has 10 heteroatoms. The van der Waals surface area contributed by atoms with Gasteiger partial charge < -0.3 is 15.3 Å². The van der Waals surface area contributed by atoms with Crippen molar-refractivity contribution < 1.29 is 9.47 Å². The molecule has 0 saturated carbocycles. The largest absolute Gasteiger partial charge is 0.454 e. The zero-order chi connectivity index (χ0) is 19.5. The second-order valence-corrected chi connectivity index (χ2v) is 7.35. The van der Waals surface area contributed by atoms with Crippen LogP contribution in [0.25, 0.3) is 0 Å². The highest BCUT2D eigenvalue weighted by atomic mass is 35.5. The normalized spacial score (nSPS) is 13.0. The first-order valence-electron chi connectivity index (χ1n) is 8.38. The van der Waals surface area contributed by atoms with Crippen LogP contribution >= 0.6 is 23.4 Å². The topological polar surface area (TPSA) is 99.6 Å². The Morgan fingerprint density at radius 1 is 1.21 bits per heavy atom. The number of aromatic nitrogens is 3. The molecule has 0 fully saturated rings. The molecule has 2 heterocycles. The van der Waals surface area contributed by atoms with Gasteiger partial charge in [-0.05, 0) is 42.8 Å². The number of anilines is 1. The van der Waals surface area contributed by atoms with Crippen molar-refractivity contribution in [1.82, 2.24) is 14.9 Å². The van der Waals surface area contributed by atoms with Gasteiger partial charge in [0.25, 0.3) is 5.95 Å². The first-order chi connectivity index (χ1) is 13.6. The summed E-state index contributed by atoms with van der Waals surface area (Å²) in [5.41, 5.74) is 5.62. The van der Waals surface area contributed by atoms with Crippen molar-refractivity contribution in [3.63, 3.8) is 0 Å². The van der Waals surface area contributed by atoms with E-state index in [1.54, 1.807) is 0 Å². The molecule has 3 N–H and O–H groups in total. The molecule has 1 aliphatic rings. The first kappa shape index (κ1) is 18.5. The van der Waals surface area contributed by atoms with Crippen molar-refractivity contribution in [3.8, 4) is 11.5 Å². The maximum atomic E-state index is 6.07. The maximum Gasteiger partial charge on any atom is 0.264 e. The van der Waals surface area contributed by atoms with E-state index >= 15 is 0 Å². The maximum absolute atomic E-state index is 6.07. The van der Waals surface area contributed by atoms with E-state index in [-0.39, 0.29) is 6.79 Å². The molecular formula is C18H17ClN6O2S. The van der Waals surface area contributed by atoms with Crippen LogP contribution in [-0.4, -0.2) is 27.4 Å². The minimum absolute atomic E-state index is 0.236. The molecule has 0 saturated heterocycles. The number of nitrogens with one attached hydrogen (secondary N) is 1. The summed E-state index contributed by atoms with van der Waals surface area (Å²) in [4.78, 5) is 0. The number of hydrogen-bond acceptors (Lipinski definition) is 8. The van der Waals surface area contributed by atoms with E-state index < -0.39 is 0 Å². The van der Waals surface area contributed by atoms with Gasteiger partial charge in [-0.25, -0.2) is 10.1 Å². The van der Waals surface area contributed by atoms with Crippen LogP contribution in [-0.2, 0) is 5.75 Å². The van der Waals surface area contributed by atoms with E-state index in [0.29, 0.717) is 27.6 Å². The summed E-state index contributed by atoms with van der Waals surface area (Å²) in [6, 6.07) is 13.3. The van der Waals surface area contributed by atoms with Crippen LogP contribution in [0.4, 0.5) is 5.95 Å². The molecule has 0 amide bonds. The van der Waals surface area contributed by atoms with Crippen molar-refractivity contribution in [2.45, 2.75) is 17.8 Å². The third-order valence-electron chi connectivity index (χ3n) is 4.06. The van der Waals surface area contributed by atoms with Gasteiger partial charge in [-0.1, -0.05) is 35.5 Å². The highest BCUT2D eigenvalue weighted by Gasteiger charge is 2.14. The highest BCUT2D eigenvalue weighted by molar-refractivity contribution is 7.98. The SMILES string of the molecule is C/C(=N\Nc1nnc(SCc2ccc(Cl)cc2)n1N)c1ccc2c(c1)OCO2. The van der Waals surface area contributed by atoms with Crippen molar-refractivity contribution in [3.05, 3.63) is 58.6 Å². The lowest BCUT2D eigenvalue weighted by Gasteiger charge is -2.05. The Hall–Kier alpha value is -2.91. The van der Waals surface area contributed by atoms with Gasteiger partial charge in [0.05, 0.1) is 5.71 Å². The number of hydrogen-bond donors (Lipinski definition) is 2. The van der Waals surface area contributed by atoms with Crippen LogP contribution in [0.5, 0.6) is 11.5 Å². The number of nitrogen functional groups attached to an aromatic ring is 1. The van der Waals surface area contributed by atoms with Crippen LogP contribution in [0, 0.1) is 0 Å². The molecular weight excluding hydrogens is 400 g/mol. The number of nitrogens with zero attached hydrogens (tertiary/aromatic N) is 4. The summed E-state index contributed by atoms with van der Waals surface area (Å²) in [5.74, 6) is 8.55. The molecule has 0 bridgehead atoms. The highest BCUT2D eigenvalue weighted by Crippen LogP contribution is 2.32. The van der Waals surface area contributed by atoms with E-state index in [0.717, 1.165) is 22.6 Å². The second kappa shape index (κ2) is 7.99. The minimum atomic E-state index is 0.236. The average molecular weight is 417 g/mol. The summed E-state index contributed by atoms with van der Waals surface area (Å²) < 4.78 is 12.1. The number of benzene rings is 2. The van der Waals surface area contributed by atoms with Gasteiger partial charge in [0.15, 0.2) is 11.5 Å². The Morgan fingerprint density at radius 3 is 2.82 bits per heavy atom. The zero-order valence-corrected chi connectivity index (χ0v) is 16.5. The number of nitrogens with two attached hydrogens (primary N) is 1. The van der Waals surface area contributed by atoms with Gasteiger partial charge in [-0.3, -0.25) is 0 Å². The van der Waals surface area contributed by atoms with Gasteiger partial charge in [0.1, 0.15) is 0 Å². The monoisotopic (exact) mass is 416 g/mol. The fraction of sp³-hybridized carbons (Fsp3) is 0.167. The minimum Gasteiger partial charge on any atom is -0.454 e. The summed E-state index contributed by atoms with van der Waals surface area (Å²) >= 11 is 7.38. The predicted molar refractivity (Wildman–Crippen MR) is 110 cm³/mol. The summed E-state index contributed by atoms with van der Waals surface area (Å²) in [7, 11) is 0. The predicted octanol–water partition coefficient (Wildman–Crippen LogP) is 3.50. The van der Waals surface area contributed by atoms with E-state index in [4.69, 9.17) is 26.9 Å². The third-order valence-corrected chi connectivity index (χ3v) is 5.33. The molecule has 28 heavy (non-hydrogen) atoms. The van der Waals surface area contributed by atoms with Gasteiger partial charge in [0.2, 0.25) is 11.9 Å². The molecule has 1 aliphatic heterocycles. The third kappa shape index (κ3) is 4.00. The van der Waals surface area contributed by atoms with Crippen LogP contribution in [0.15, 0.2) is 52.7 Å². The molecule has 4 rings (SSSR count). The zero-order valence-electron chi connectivity index (χ0n) is 14.9. The van der Waals surface area contributed by atoms with Crippen LogP contribution in [0.1, 0.15) is 18.1 Å². The van der Waals surface area contributed by atoms with Crippen molar-refractivity contribution >= 4 is 35.0 Å². The molecule has 0 aliphatic carbocycles. The lowest BCUT2D eigenvalue weighted by atomic mass is 10.1. The van der Waals surface area contributed by atoms with E-state index in [9.17, 15) is 0 Å². The van der Waals surface area contributed by atoms with Crippen molar-refractivity contribution in [1.29, 1.82) is 0 Å². The van der Waals surface area contributed by atoms with Gasteiger partial charge in [-0.15, -0.1) is 10.2 Å². The standard InChI is InChI=1S/C18H17ClN6O2S/c1-11(13-4-7-15-16(8-13)27-10-26-15)21-22-17-23-24-18(25(17)20)28-9-12-2-5-14(19)6-3-12/h2-8H,9-10,20H2,1H3,(H,22,23)/b21-11+. The molecule has 144 valence electrons. The Morgan fingerprint density at radius 2 is 2.00 bits per heavy atom. The molecule has 0 atom stereocenters. The summed E-state index contributed by atoms with van der Waals surface area (Å²) in [6.45, 7) is 2.11. The fourth-order valence-corrected chi connectivity index (χ4v) is 3.44. The van der Waals surface area contributed by atoms with Gasteiger partial charge in [0, 0.05) is 16.3 Å². The van der Waals surface area contributed by atoms with E-state index in [1.165, 1.54) is 16.4 Å². The van der Waals surface area contributed by atoms with E-state index in [2.05, 4.69) is 20.7 Å². The molecule has 2 aromatic carbocycles. The van der Waals surface area contributed by atoms with Crippen molar-refractivity contribution in [2.24, 2.45) is 5.10 Å². The molecule has 3 aromatic rings. The molecule has 0 radical (unpaired) electrons. The molecule has 8 nitrogen and oxygen atoms in total.